The predicted molar refractivity (Wildman–Crippen MR) is 41.5 cm³/mol. The topological polar surface area (TPSA) is 66.6 Å². The van der Waals surface area contributed by atoms with Crippen LogP contribution >= 0.6 is 12.6 Å². The molecule has 0 aliphatic heterocycles. The van der Waals surface area contributed by atoms with E-state index in [1.54, 1.807) is 0 Å². The van der Waals surface area contributed by atoms with Gasteiger partial charge in [0.1, 0.15) is 0 Å². The van der Waals surface area contributed by atoms with E-state index in [2.05, 4.69) is 19.2 Å². The molecule has 0 spiro atoms. The molecule has 4 nitrogen and oxygen atoms in total. The summed E-state index contributed by atoms with van der Waals surface area (Å²) in [5.41, 5.74) is 0. The van der Waals surface area contributed by atoms with Crippen LogP contribution in [0.1, 0.15) is 0 Å². The van der Waals surface area contributed by atoms with Crippen LogP contribution in [0, 0.1) is 0 Å². The SMILES string of the molecule is C=CN(N)[C@@H](CS)C(=O)O. The van der Waals surface area contributed by atoms with Gasteiger partial charge in [-0.25, -0.2) is 10.6 Å². The number of nitrogens with two attached hydrogens (primary N) is 1. The van der Waals surface area contributed by atoms with E-state index < -0.39 is 12.0 Å². The number of hydrazine groups is 1. The van der Waals surface area contributed by atoms with Crippen molar-refractivity contribution >= 4 is 18.6 Å². The summed E-state index contributed by atoms with van der Waals surface area (Å²) in [6.45, 7) is 3.32. The van der Waals surface area contributed by atoms with Gasteiger partial charge in [0.25, 0.3) is 0 Å². The lowest BCUT2D eigenvalue weighted by Crippen LogP contribution is -2.43. The van der Waals surface area contributed by atoms with Crippen molar-refractivity contribution in [3.63, 3.8) is 0 Å². The number of rotatable bonds is 4. The number of hydrogen-bond donors (Lipinski definition) is 3. The summed E-state index contributed by atoms with van der Waals surface area (Å²) in [6, 6.07) is -0.791. The fourth-order valence-electron chi connectivity index (χ4n) is 0.427. The van der Waals surface area contributed by atoms with Gasteiger partial charge in [0, 0.05) is 12.0 Å². The van der Waals surface area contributed by atoms with Gasteiger partial charge in [-0.2, -0.15) is 12.6 Å². The molecule has 0 bridgehead atoms. The minimum atomic E-state index is -1.00. The van der Waals surface area contributed by atoms with Crippen LogP contribution in [0.25, 0.3) is 0 Å². The monoisotopic (exact) mass is 162 g/mol. The van der Waals surface area contributed by atoms with E-state index in [-0.39, 0.29) is 5.75 Å². The third kappa shape index (κ3) is 2.28. The Morgan fingerprint density at radius 1 is 2.00 bits per heavy atom. The molecule has 0 unspecified atom stereocenters. The molecular formula is C5H10N2O2S. The van der Waals surface area contributed by atoms with Crippen LogP contribution in [-0.2, 0) is 4.79 Å². The lowest BCUT2D eigenvalue weighted by molar-refractivity contribution is -0.141. The molecule has 0 saturated carbocycles. The Bertz CT molecular complexity index is 140. The van der Waals surface area contributed by atoms with Crippen molar-refractivity contribution < 1.29 is 9.90 Å². The van der Waals surface area contributed by atoms with E-state index in [0.717, 1.165) is 5.01 Å². The lowest BCUT2D eigenvalue weighted by atomic mass is 10.3. The van der Waals surface area contributed by atoms with Crippen LogP contribution in [0.3, 0.4) is 0 Å². The summed E-state index contributed by atoms with van der Waals surface area (Å²) in [4.78, 5) is 10.3. The summed E-state index contributed by atoms with van der Waals surface area (Å²) < 4.78 is 0. The van der Waals surface area contributed by atoms with E-state index in [1.165, 1.54) is 6.20 Å². The molecule has 0 heterocycles. The molecule has 0 aromatic carbocycles. The maximum atomic E-state index is 10.3. The van der Waals surface area contributed by atoms with Crippen LogP contribution in [0.5, 0.6) is 0 Å². The summed E-state index contributed by atoms with van der Waals surface area (Å²) in [5, 5.41) is 9.47. The smallest absolute Gasteiger partial charge is 0.328 e. The van der Waals surface area contributed by atoms with Gasteiger partial charge >= 0.3 is 5.97 Å². The number of thiol groups is 1. The van der Waals surface area contributed by atoms with Crippen LogP contribution < -0.4 is 5.84 Å². The molecule has 0 fully saturated rings. The number of aliphatic carboxylic acids is 1. The summed E-state index contributed by atoms with van der Waals surface area (Å²) in [5.74, 6) is 4.38. The van der Waals surface area contributed by atoms with Crippen molar-refractivity contribution in [3.05, 3.63) is 12.8 Å². The van der Waals surface area contributed by atoms with Crippen LogP contribution in [-0.4, -0.2) is 27.9 Å². The third-order valence-electron chi connectivity index (χ3n) is 1.03. The Labute approximate surface area is 64.7 Å². The molecule has 1 atom stereocenters. The zero-order valence-electron chi connectivity index (χ0n) is 5.40. The Morgan fingerprint density at radius 3 is 2.60 bits per heavy atom. The standard InChI is InChI=1S/C5H10N2O2S/c1-2-7(6)4(3-10)5(8)9/h2,4,10H,1,3,6H2,(H,8,9)/t4-/m0/s1. The van der Waals surface area contributed by atoms with Crippen molar-refractivity contribution in [3.8, 4) is 0 Å². The molecule has 0 rings (SSSR count). The van der Waals surface area contributed by atoms with E-state index >= 15 is 0 Å². The largest absolute Gasteiger partial charge is 0.480 e. The van der Waals surface area contributed by atoms with E-state index in [1.807, 2.05) is 0 Å². The van der Waals surface area contributed by atoms with Gasteiger partial charge in [-0.05, 0) is 0 Å². The Kier molecular flexibility index (Phi) is 3.90. The van der Waals surface area contributed by atoms with Gasteiger partial charge in [-0.1, -0.05) is 6.58 Å². The maximum Gasteiger partial charge on any atom is 0.328 e. The minimum Gasteiger partial charge on any atom is -0.480 e. The molecule has 58 valence electrons. The molecule has 10 heavy (non-hydrogen) atoms. The van der Waals surface area contributed by atoms with Gasteiger partial charge < -0.3 is 10.1 Å². The van der Waals surface area contributed by atoms with E-state index in [9.17, 15) is 4.79 Å². The lowest BCUT2D eigenvalue weighted by Gasteiger charge is -2.19. The first-order valence-corrected chi connectivity index (χ1v) is 3.26. The number of carboxylic acids is 1. The van der Waals surface area contributed by atoms with Crippen molar-refractivity contribution in [2.75, 3.05) is 5.75 Å². The van der Waals surface area contributed by atoms with Crippen molar-refractivity contribution in [2.45, 2.75) is 6.04 Å². The Balaban J connectivity index is 4.05. The highest BCUT2D eigenvalue weighted by Gasteiger charge is 2.18. The highest BCUT2D eigenvalue weighted by Crippen LogP contribution is 1.95. The van der Waals surface area contributed by atoms with Gasteiger partial charge in [0.05, 0.1) is 0 Å². The Hall–Kier alpha value is -0.680. The molecule has 0 aliphatic rings. The molecule has 0 amide bonds. The molecule has 5 heteroatoms. The average molecular weight is 162 g/mol. The molecule has 0 aromatic rings. The first-order valence-electron chi connectivity index (χ1n) is 2.62. The van der Waals surface area contributed by atoms with Gasteiger partial charge in [-0.15, -0.1) is 0 Å². The number of hydrogen-bond acceptors (Lipinski definition) is 4. The number of carbonyl (C=O) groups is 1. The Morgan fingerprint density at radius 2 is 2.50 bits per heavy atom. The molecule has 0 radical (unpaired) electrons. The van der Waals surface area contributed by atoms with Gasteiger partial charge in [0.15, 0.2) is 6.04 Å². The summed E-state index contributed by atoms with van der Waals surface area (Å²) >= 11 is 3.80. The number of carboxylic acid groups (broad SMARTS) is 1. The molecule has 0 saturated heterocycles. The molecular weight excluding hydrogens is 152 g/mol. The first kappa shape index (κ1) is 9.32. The second kappa shape index (κ2) is 4.19. The fourth-order valence-corrected chi connectivity index (χ4v) is 0.772. The minimum absolute atomic E-state index is 0.165. The van der Waals surface area contributed by atoms with Crippen molar-refractivity contribution in [2.24, 2.45) is 5.84 Å². The van der Waals surface area contributed by atoms with Crippen molar-refractivity contribution in [1.29, 1.82) is 0 Å². The van der Waals surface area contributed by atoms with Crippen LogP contribution in [0.4, 0.5) is 0 Å². The van der Waals surface area contributed by atoms with Crippen LogP contribution in [0.15, 0.2) is 12.8 Å². The normalized spacial score (nSPS) is 12.2. The van der Waals surface area contributed by atoms with Crippen LogP contribution in [0.2, 0.25) is 0 Å². The predicted octanol–water partition coefficient (Wildman–Crippen LogP) is -0.311. The third-order valence-corrected chi connectivity index (χ3v) is 1.37. The zero-order chi connectivity index (χ0) is 8.15. The first-order chi connectivity index (χ1) is 4.63. The zero-order valence-corrected chi connectivity index (χ0v) is 6.29. The highest BCUT2D eigenvalue weighted by molar-refractivity contribution is 7.80. The van der Waals surface area contributed by atoms with Gasteiger partial charge in [0.2, 0.25) is 0 Å². The molecule has 0 aliphatic carbocycles. The van der Waals surface area contributed by atoms with Gasteiger partial charge in [-0.3, -0.25) is 0 Å². The second-order valence-corrected chi connectivity index (χ2v) is 2.03. The van der Waals surface area contributed by atoms with E-state index in [4.69, 9.17) is 10.9 Å². The van der Waals surface area contributed by atoms with Crippen molar-refractivity contribution in [1.82, 2.24) is 5.01 Å². The molecule has 3 N–H and O–H groups in total. The summed E-state index contributed by atoms with van der Waals surface area (Å²) in [7, 11) is 0. The average Bonchev–Trinajstić information content (AvgIpc) is 1.88. The highest BCUT2D eigenvalue weighted by atomic mass is 32.1. The quantitative estimate of drug-likeness (QED) is 0.301. The second-order valence-electron chi connectivity index (χ2n) is 1.67. The molecule has 0 aromatic heterocycles. The maximum absolute atomic E-state index is 10.3. The fraction of sp³-hybridized carbons (Fsp3) is 0.400. The number of nitrogens with zero attached hydrogens (tertiary/aromatic N) is 1. The van der Waals surface area contributed by atoms with E-state index in [0.29, 0.717) is 0 Å². The summed E-state index contributed by atoms with van der Waals surface area (Å²) in [6.07, 6.45) is 1.25.